The minimum absolute atomic E-state index is 0.0709. The Balaban J connectivity index is 1.86. The third kappa shape index (κ3) is 6.39. The number of rotatable bonds is 7. The molecule has 0 radical (unpaired) electrons. The quantitative estimate of drug-likeness (QED) is 0.814. The fourth-order valence-corrected chi connectivity index (χ4v) is 2.41. The van der Waals surface area contributed by atoms with Gasteiger partial charge >= 0.3 is 0 Å². The van der Waals surface area contributed by atoms with Gasteiger partial charge in [0.2, 0.25) is 5.91 Å². The molecule has 2 rings (SSSR count). The molecule has 25 heavy (non-hydrogen) atoms. The van der Waals surface area contributed by atoms with Crippen molar-refractivity contribution in [2.24, 2.45) is 0 Å². The standard InChI is InChI=1S/C20H25N3O2/c1-15(24)21-12-17-8-10-19(11-9-17)20(25)22-13-16-4-6-18(7-5-16)14-23(2)3/h4-11H,12-14H2,1-3H3,(H,21,24)(H,22,25). The Morgan fingerprint density at radius 3 is 1.80 bits per heavy atom. The summed E-state index contributed by atoms with van der Waals surface area (Å²) in [7, 11) is 4.07. The Labute approximate surface area is 149 Å². The molecule has 0 unspecified atom stereocenters. The van der Waals surface area contributed by atoms with E-state index in [0.29, 0.717) is 18.7 Å². The lowest BCUT2D eigenvalue weighted by Crippen LogP contribution is -2.23. The molecule has 0 heterocycles. The van der Waals surface area contributed by atoms with Gasteiger partial charge in [-0.05, 0) is 42.9 Å². The molecule has 0 aliphatic carbocycles. The second-order valence-electron chi connectivity index (χ2n) is 6.34. The van der Waals surface area contributed by atoms with E-state index in [1.807, 2.05) is 38.4 Å². The van der Waals surface area contributed by atoms with E-state index in [9.17, 15) is 9.59 Å². The fraction of sp³-hybridized carbons (Fsp3) is 0.300. The zero-order valence-electron chi connectivity index (χ0n) is 15.0. The number of nitrogens with one attached hydrogen (secondary N) is 2. The molecule has 0 aliphatic rings. The molecule has 2 aromatic carbocycles. The Morgan fingerprint density at radius 2 is 1.28 bits per heavy atom. The zero-order valence-corrected chi connectivity index (χ0v) is 15.0. The molecule has 5 heteroatoms. The predicted molar refractivity (Wildman–Crippen MR) is 99.0 cm³/mol. The Hall–Kier alpha value is -2.66. The molecule has 132 valence electrons. The van der Waals surface area contributed by atoms with Crippen molar-refractivity contribution in [3.8, 4) is 0 Å². The van der Waals surface area contributed by atoms with E-state index in [1.54, 1.807) is 12.1 Å². The van der Waals surface area contributed by atoms with E-state index in [1.165, 1.54) is 12.5 Å². The molecular formula is C20H25N3O2. The first kappa shape index (κ1) is 18.7. The first-order valence-corrected chi connectivity index (χ1v) is 8.28. The summed E-state index contributed by atoms with van der Waals surface area (Å²) in [5.74, 6) is -0.179. The van der Waals surface area contributed by atoms with Crippen LogP contribution in [0.25, 0.3) is 0 Å². The highest BCUT2D eigenvalue weighted by atomic mass is 16.2. The highest BCUT2D eigenvalue weighted by Crippen LogP contribution is 2.08. The van der Waals surface area contributed by atoms with Gasteiger partial charge in [0.25, 0.3) is 5.91 Å². The van der Waals surface area contributed by atoms with Crippen LogP contribution in [0.1, 0.15) is 34.0 Å². The molecule has 2 aromatic rings. The van der Waals surface area contributed by atoms with Gasteiger partial charge in [-0.2, -0.15) is 0 Å². The molecule has 0 atom stereocenters. The van der Waals surface area contributed by atoms with Gasteiger partial charge in [0.05, 0.1) is 0 Å². The maximum atomic E-state index is 12.2. The number of amides is 2. The Morgan fingerprint density at radius 1 is 0.800 bits per heavy atom. The normalized spacial score (nSPS) is 10.6. The molecule has 0 bridgehead atoms. The average molecular weight is 339 g/mol. The van der Waals surface area contributed by atoms with Gasteiger partial charge < -0.3 is 15.5 Å². The van der Waals surface area contributed by atoms with Gasteiger partial charge in [-0.1, -0.05) is 36.4 Å². The average Bonchev–Trinajstić information content (AvgIpc) is 2.59. The van der Waals surface area contributed by atoms with Crippen LogP contribution < -0.4 is 10.6 Å². The van der Waals surface area contributed by atoms with Gasteiger partial charge in [0.15, 0.2) is 0 Å². The summed E-state index contributed by atoms with van der Waals surface area (Å²) in [6, 6.07) is 15.5. The number of hydrogen-bond acceptors (Lipinski definition) is 3. The lowest BCUT2D eigenvalue weighted by Gasteiger charge is -2.10. The van der Waals surface area contributed by atoms with Crippen molar-refractivity contribution in [2.75, 3.05) is 14.1 Å². The second kappa shape index (κ2) is 8.99. The molecule has 2 amide bonds. The van der Waals surface area contributed by atoms with Crippen molar-refractivity contribution in [3.05, 3.63) is 70.8 Å². The van der Waals surface area contributed by atoms with Gasteiger partial charge in [-0.3, -0.25) is 9.59 Å². The summed E-state index contributed by atoms with van der Waals surface area (Å²) in [6.07, 6.45) is 0. The van der Waals surface area contributed by atoms with E-state index in [2.05, 4.69) is 27.7 Å². The molecule has 0 saturated carbocycles. The highest BCUT2D eigenvalue weighted by molar-refractivity contribution is 5.94. The van der Waals surface area contributed by atoms with Crippen LogP contribution in [0.5, 0.6) is 0 Å². The van der Waals surface area contributed by atoms with Gasteiger partial charge in [0, 0.05) is 32.1 Å². The number of carbonyl (C=O) groups is 2. The third-order valence-electron chi connectivity index (χ3n) is 3.73. The number of benzene rings is 2. The summed E-state index contributed by atoms with van der Waals surface area (Å²) in [6.45, 7) is 3.34. The maximum absolute atomic E-state index is 12.2. The molecule has 0 spiro atoms. The van der Waals surface area contributed by atoms with Crippen LogP contribution in [0.4, 0.5) is 0 Å². The number of carbonyl (C=O) groups excluding carboxylic acids is 2. The number of nitrogens with zero attached hydrogens (tertiary/aromatic N) is 1. The smallest absolute Gasteiger partial charge is 0.251 e. The second-order valence-corrected chi connectivity index (χ2v) is 6.34. The summed E-state index contributed by atoms with van der Waals surface area (Å²) < 4.78 is 0. The van der Waals surface area contributed by atoms with Crippen LogP contribution in [0, 0.1) is 0 Å². The minimum Gasteiger partial charge on any atom is -0.352 e. The fourth-order valence-electron chi connectivity index (χ4n) is 2.41. The predicted octanol–water partition coefficient (Wildman–Crippen LogP) is 2.31. The van der Waals surface area contributed by atoms with Crippen LogP contribution in [-0.4, -0.2) is 30.8 Å². The molecule has 2 N–H and O–H groups in total. The van der Waals surface area contributed by atoms with Crippen molar-refractivity contribution in [1.82, 2.24) is 15.5 Å². The SMILES string of the molecule is CC(=O)NCc1ccc(C(=O)NCc2ccc(CN(C)C)cc2)cc1. The van der Waals surface area contributed by atoms with E-state index in [4.69, 9.17) is 0 Å². The van der Waals surface area contributed by atoms with Crippen molar-refractivity contribution < 1.29 is 9.59 Å². The molecule has 0 saturated heterocycles. The van der Waals surface area contributed by atoms with E-state index in [0.717, 1.165) is 17.7 Å². The molecule has 0 aromatic heterocycles. The van der Waals surface area contributed by atoms with Gasteiger partial charge in [-0.15, -0.1) is 0 Å². The monoisotopic (exact) mass is 339 g/mol. The lowest BCUT2D eigenvalue weighted by atomic mass is 10.1. The summed E-state index contributed by atoms with van der Waals surface area (Å²) in [5, 5.41) is 5.66. The van der Waals surface area contributed by atoms with Crippen molar-refractivity contribution in [3.63, 3.8) is 0 Å². The molecular weight excluding hydrogens is 314 g/mol. The first-order chi connectivity index (χ1) is 11.9. The third-order valence-corrected chi connectivity index (χ3v) is 3.73. The number of hydrogen-bond donors (Lipinski definition) is 2. The van der Waals surface area contributed by atoms with E-state index in [-0.39, 0.29) is 11.8 Å². The Kier molecular flexibility index (Phi) is 6.71. The first-order valence-electron chi connectivity index (χ1n) is 8.28. The van der Waals surface area contributed by atoms with Crippen LogP contribution >= 0.6 is 0 Å². The van der Waals surface area contributed by atoms with Crippen LogP contribution in [0.15, 0.2) is 48.5 Å². The largest absolute Gasteiger partial charge is 0.352 e. The summed E-state index contributed by atoms with van der Waals surface area (Å²) in [5.41, 5.74) is 3.88. The van der Waals surface area contributed by atoms with Crippen molar-refractivity contribution in [1.29, 1.82) is 0 Å². The van der Waals surface area contributed by atoms with E-state index >= 15 is 0 Å². The maximum Gasteiger partial charge on any atom is 0.251 e. The Bertz CT molecular complexity index is 707. The summed E-state index contributed by atoms with van der Waals surface area (Å²) >= 11 is 0. The molecule has 5 nitrogen and oxygen atoms in total. The van der Waals surface area contributed by atoms with Gasteiger partial charge in [0.1, 0.15) is 0 Å². The van der Waals surface area contributed by atoms with E-state index < -0.39 is 0 Å². The minimum atomic E-state index is -0.108. The van der Waals surface area contributed by atoms with Crippen molar-refractivity contribution >= 4 is 11.8 Å². The molecule has 0 fully saturated rings. The van der Waals surface area contributed by atoms with Crippen LogP contribution in [-0.2, 0) is 24.4 Å². The topological polar surface area (TPSA) is 61.4 Å². The zero-order chi connectivity index (χ0) is 18.2. The highest BCUT2D eigenvalue weighted by Gasteiger charge is 2.06. The lowest BCUT2D eigenvalue weighted by molar-refractivity contribution is -0.119. The van der Waals surface area contributed by atoms with Crippen LogP contribution in [0.3, 0.4) is 0 Å². The summed E-state index contributed by atoms with van der Waals surface area (Å²) in [4.78, 5) is 25.2. The van der Waals surface area contributed by atoms with Crippen LogP contribution in [0.2, 0.25) is 0 Å². The van der Waals surface area contributed by atoms with Crippen molar-refractivity contribution in [2.45, 2.75) is 26.6 Å². The molecule has 0 aliphatic heterocycles. The van der Waals surface area contributed by atoms with Gasteiger partial charge in [-0.25, -0.2) is 0 Å².